The molecule has 0 radical (unpaired) electrons. The number of hydrogen-bond donors (Lipinski definition) is 0. The third-order valence-corrected chi connectivity index (χ3v) is 2.68. The maximum absolute atomic E-state index is 5.85. The summed E-state index contributed by atoms with van der Waals surface area (Å²) in [6, 6.07) is 9.96. The van der Waals surface area contributed by atoms with E-state index in [1.54, 1.807) is 0 Å². The molecule has 1 aromatic carbocycles. The van der Waals surface area contributed by atoms with E-state index >= 15 is 0 Å². The average molecular weight is 436 g/mol. The molecule has 0 aliphatic heterocycles. The van der Waals surface area contributed by atoms with Crippen molar-refractivity contribution in [3.05, 3.63) is 30.3 Å². The molecule has 0 unspecified atom stereocenters. The molecule has 0 N–H and O–H groups in total. The Labute approximate surface area is 150 Å². The van der Waals surface area contributed by atoms with Crippen LogP contribution in [0.3, 0.4) is 0 Å². The zero-order valence-corrected chi connectivity index (χ0v) is 16.1. The Bertz CT molecular complexity index is 491. The molecule has 0 aromatic heterocycles. The molecule has 1 saturated carbocycles. The monoisotopic (exact) mass is 433 g/mol. The van der Waals surface area contributed by atoms with Crippen LogP contribution in [-0.2, 0) is 11.1 Å². The predicted octanol–water partition coefficient (Wildman–Crippen LogP) is 7.13. The first-order valence-electron chi connectivity index (χ1n) is 5.31. The SMILES string of the molecule is ClC(Oc1ccccc1)=S=NC1CC1.ClP(Cl)(Cl)(Cl)Cl. The summed E-state index contributed by atoms with van der Waals surface area (Å²) in [5.74, 6) is 0.746. The first-order valence-corrected chi connectivity index (χ1v) is 13.2. The van der Waals surface area contributed by atoms with Crippen molar-refractivity contribution in [2.45, 2.75) is 18.9 Å². The van der Waals surface area contributed by atoms with Gasteiger partial charge in [-0.2, -0.15) is 0 Å². The fourth-order valence-corrected chi connectivity index (χ4v) is 1.68. The molecular formula is C10H10Cl6NOPS. The standard InChI is InChI=1S/C10H10ClNOS.Cl5P/c11-10(14-12-8-6-7-8)13-9-4-2-1-3-5-9;1-6(2,3,4)5/h1-5,8H,6-7H2;. The van der Waals surface area contributed by atoms with Gasteiger partial charge in [0.2, 0.25) is 0 Å². The van der Waals surface area contributed by atoms with Gasteiger partial charge >= 0.3 is 59.6 Å². The number of nitrogens with zero attached hydrogens (tertiary/aromatic N) is 1. The second-order valence-electron chi connectivity index (χ2n) is 3.72. The first-order chi connectivity index (χ1) is 9.08. The molecule has 1 aliphatic carbocycles. The van der Waals surface area contributed by atoms with Gasteiger partial charge < -0.3 is 4.74 Å². The first kappa shape index (κ1) is 19.1. The molecule has 2 nitrogen and oxygen atoms in total. The van der Waals surface area contributed by atoms with Crippen LogP contribution in [0, 0.1) is 0 Å². The van der Waals surface area contributed by atoms with E-state index in [0.29, 0.717) is 10.6 Å². The van der Waals surface area contributed by atoms with Gasteiger partial charge in [-0.1, -0.05) is 18.2 Å². The summed E-state index contributed by atoms with van der Waals surface area (Å²) in [5, 5.41) is 0. The molecule has 0 amide bonds. The molecule has 0 heterocycles. The fourth-order valence-electron chi connectivity index (χ4n) is 0.896. The van der Waals surface area contributed by atoms with Crippen LogP contribution in [-0.4, -0.2) is 10.6 Å². The third-order valence-electron chi connectivity index (χ3n) is 1.76. The van der Waals surface area contributed by atoms with Crippen molar-refractivity contribution in [2.24, 2.45) is 4.36 Å². The van der Waals surface area contributed by atoms with Gasteiger partial charge in [0.1, 0.15) is 5.75 Å². The van der Waals surface area contributed by atoms with Gasteiger partial charge in [-0.15, -0.1) is 0 Å². The van der Waals surface area contributed by atoms with E-state index in [-0.39, 0.29) is 0 Å². The Kier molecular flexibility index (Phi) is 7.73. The molecule has 0 atom stereocenters. The van der Waals surface area contributed by atoms with Crippen LogP contribution in [0.1, 0.15) is 12.8 Å². The molecule has 0 bridgehead atoms. The number of hydrogen-bond acceptors (Lipinski definition) is 2. The van der Waals surface area contributed by atoms with Crippen molar-refractivity contribution in [2.75, 3.05) is 0 Å². The Morgan fingerprint density at radius 1 is 1.10 bits per heavy atom. The number of ether oxygens (including phenoxy) is 1. The second-order valence-corrected chi connectivity index (χ2v) is 21.7. The number of halogens is 6. The van der Waals surface area contributed by atoms with Crippen LogP contribution >= 0.6 is 71.2 Å². The zero-order chi connectivity index (χ0) is 15.3. The molecular weight excluding hydrogens is 426 g/mol. The van der Waals surface area contributed by atoms with E-state index in [0.717, 1.165) is 5.75 Å². The van der Waals surface area contributed by atoms with E-state index in [1.807, 2.05) is 30.3 Å². The normalized spacial score (nSPS) is 16.0. The second kappa shape index (κ2) is 8.08. The number of rotatable bonds is 2. The van der Waals surface area contributed by atoms with E-state index in [2.05, 4.69) is 4.36 Å². The van der Waals surface area contributed by atoms with E-state index < -0.39 is 3.37 Å². The van der Waals surface area contributed by atoms with Crippen molar-refractivity contribution in [3.63, 3.8) is 0 Å². The van der Waals surface area contributed by atoms with Gasteiger partial charge in [0.25, 0.3) is 4.51 Å². The molecule has 0 saturated heterocycles. The Morgan fingerprint density at radius 3 is 2.05 bits per heavy atom. The fraction of sp³-hybridized carbons (Fsp3) is 0.300. The Morgan fingerprint density at radius 2 is 1.60 bits per heavy atom. The van der Waals surface area contributed by atoms with Crippen LogP contribution in [0.2, 0.25) is 0 Å². The van der Waals surface area contributed by atoms with Crippen molar-refractivity contribution in [1.29, 1.82) is 0 Å². The van der Waals surface area contributed by atoms with Gasteiger partial charge in [-0.25, -0.2) is 4.36 Å². The summed E-state index contributed by atoms with van der Waals surface area (Å²) in [7, 11) is 0. The van der Waals surface area contributed by atoms with E-state index in [4.69, 9.17) is 72.5 Å². The minimum absolute atomic E-state index is 0.364. The van der Waals surface area contributed by atoms with Crippen molar-refractivity contribution in [1.82, 2.24) is 0 Å². The van der Waals surface area contributed by atoms with Crippen LogP contribution < -0.4 is 4.74 Å². The van der Waals surface area contributed by atoms with Gasteiger partial charge in [0.05, 0.1) is 6.04 Å². The topological polar surface area (TPSA) is 21.6 Å². The van der Waals surface area contributed by atoms with Gasteiger partial charge in [-0.05, 0) is 36.6 Å². The summed E-state index contributed by atoms with van der Waals surface area (Å²) >= 11 is 32.0. The molecule has 1 aromatic rings. The zero-order valence-electron chi connectivity index (χ0n) is 9.86. The number of benzene rings is 1. The average Bonchev–Trinajstić information content (AvgIpc) is 3.08. The van der Waals surface area contributed by atoms with Crippen molar-refractivity contribution >= 4 is 86.8 Å². The molecule has 1 aliphatic rings. The summed E-state index contributed by atoms with van der Waals surface area (Å²) in [6.45, 7) is 0. The molecule has 1 fully saturated rings. The summed E-state index contributed by atoms with van der Waals surface area (Å²) in [5.41, 5.74) is 0. The van der Waals surface area contributed by atoms with Crippen LogP contribution in [0.25, 0.3) is 0 Å². The summed E-state index contributed by atoms with van der Waals surface area (Å²) < 4.78 is 6.27. The van der Waals surface area contributed by atoms with Gasteiger partial charge in [0.15, 0.2) is 0 Å². The predicted molar refractivity (Wildman–Crippen MR) is 96.9 cm³/mol. The molecule has 0 spiro atoms. The maximum atomic E-state index is 5.85. The quantitative estimate of drug-likeness (QED) is 0.275. The van der Waals surface area contributed by atoms with Crippen molar-refractivity contribution in [3.8, 4) is 5.75 Å². The van der Waals surface area contributed by atoms with E-state index in [1.165, 1.54) is 24.0 Å². The molecule has 114 valence electrons. The van der Waals surface area contributed by atoms with Gasteiger partial charge in [-0.3, -0.25) is 0 Å². The Balaban J connectivity index is 0.000000286. The van der Waals surface area contributed by atoms with E-state index in [9.17, 15) is 0 Å². The van der Waals surface area contributed by atoms with Crippen LogP contribution in [0.15, 0.2) is 34.7 Å². The van der Waals surface area contributed by atoms with Crippen LogP contribution in [0.5, 0.6) is 5.75 Å². The molecule has 20 heavy (non-hydrogen) atoms. The molecule has 10 heteroatoms. The van der Waals surface area contributed by atoms with Crippen LogP contribution in [0.4, 0.5) is 0 Å². The molecule has 2 rings (SSSR count). The van der Waals surface area contributed by atoms with Gasteiger partial charge in [0, 0.05) is 11.1 Å². The summed E-state index contributed by atoms with van der Waals surface area (Å²) in [4.78, 5) is 0. The van der Waals surface area contributed by atoms with Crippen molar-refractivity contribution < 1.29 is 4.74 Å². The third kappa shape index (κ3) is 14.0. The summed E-state index contributed by atoms with van der Waals surface area (Å²) in [6.07, 6.45) is 2.37. The minimum atomic E-state index is -3.69. The Hall–Kier alpha value is 1.08. The number of para-hydroxylation sites is 1.